The van der Waals surface area contributed by atoms with Gasteiger partial charge >= 0.3 is 0 Å². The first kappa shape index (κ1) is 108. The van der Waals surface area contributed by atoms with Gasteiger partial charge in [-0.05, 0) is 166 Å². The molecule has 136 heavy (non-hydrogen) atoms. The van der Waals surface area contributed by atoms with Gasteiger partial charge in [0, 0.05) is 205 Å². The lowest BCUT2D eigenvalue weighted by Crippen LogP contribution is -2.43. The minimum Gasteiger partial charge on any atom is -0.456 e. The predicted molar refractivity (Wildman–Crippen MR) is 538 cm³/mol. The standard InChI is InChI=1S/C19H20N2O4S3.C18H20N2O5S2.C18H20N2O4S3.C16H14Cl2N2O5S2.C16H14Cl2N2O4S3/c1-14-3-4-15(2)18(11-14)26-17-6-5-16(13-20)12-19(17)28(24,25)21-7-9-27(22,23)10-8-21;1-13-3-4-14(2)17(11-13)25-16-6-5-15(20(21)22)12-18(16)27(23,24)19-7-9-26-10-8-19;1-13-3-4-14(2)17(11-13)26-16-6-5-15(20(21)22)12-18(16)27(23,24)19-7-9-25-10-8-19;17-11-1-3-13(18)15(9-11)25-14-4-2-12(20(21)22)10-16(14)27(23,24)19-5-7-26-8-6-19;17-11-1-3-13(18)15(9-11)26-14-4-2-12(20(21)22)10-16(14)27(23,24)19-5-7-25-8-6-19/h3-6,11-12H,7-10H2,1-2H3;2*3-6,11-12H,7-10H2,1-2H3;2*1-4,9-10H,5-8H2. The fourth-order valence-corrected chi connectivity index (χ4v) is 32.1. The second-order valence-corrected chi connectivity index (χ2v) is 52.1. The lowest BCUT2D eigenvalue weighted by Gasteiger charge is -2.27. The molecule has 10 aromatic rings. The third kappa shape index (κ3) is 28.2. The molecule has 0 amide bonds. The molecule has 49 heteroatoms. The topological polar surface area (TPSA) is 436 Å². The van der Waals surface area contributed by atoms with Crippen LogP contribution in [0.1, 0.15) is 38.9 Å². The van der Waals surface area contributed by atoms with Crippen LogP contribution in [0.25, 0.3) is 0 Å². The summed E-state index contributed by atoms with van der Waals surface area (Å²) < 4.78 is 173. The van der Waals surface area contributed by atoms with E-state index in [4.69, 9.17) is 55.9 Å². The van der Waals surface area contributed by atoms with Crippen molar-refractivity contribution in [1.82, 2.24) is 21.5 Å². The van der Waals surface area contributed by atoms with Gasteiger partial charge in [0.25, 0.3) is 22.7 Å². The van der Waals surface area contributed by atoms with Crippen LogP contribution in [0.4, 0.5) is 22.7 Å². The van der Waals surface area contributed by atoms with Gasteiger partial charge in [0.15, 0.2) is 9.84 Å². The van der Waals surface area contributed by atoms with Crippen LogP contribution in [-0.2, 0) is 60.0 Å². The molecular weight excluding hydrogens is 2100 g/mol. The molecule has 5 aliphatic heterocycles. The Balaban J connectivity index is 0.000000163. The number of hydrogen-bond acceptors (Lipinski definition) is 30. The number of non-ortho nitro benzene ring substituents is 4. The molecule has 5 heterocycles. The maximum absolute atomic E-state index is 13.2. The first-order valence-corrected chi connectivity index (χ1v) is 58.6. The van der Waals surface area contributed by atoms with Crippen LogP contribution in [0, 0.1) is 93.3 Å². The molecule has 0 aliphatic carbocycles. The van der Waals surface area contributed by atoms with E-state index in [-0.39, 0.29) is 99.7 Å². The average Bonchev–Trinajstić information content (AvgIpc) is 0.791. The van der Waals surface area contributed by atoms with E-state index < -0.39 is 79.6 Å². The molecule has 0 bridgehead atoms. The molecule has 0 saturated carbocycles. The zero-order valence-corrected chi connectivity index (χ0v) is 86.9. The van der Waals surface area contributed by atoms with Gasteiger partial charge in [-0.2, -0.15) is 73.8 Å². The van der Waals surface area contributed by atoms with Gasteiger partial charge in [-0.25, -0.2) is 50.5 Å². The highest BCUT2D eigenvalue weighted by Crippen LogP contribution is 2.46. The average molecular weight is 2180 g/mol. The van der Waals surface area contributed by atoms with Gasteiger partial charge < -0.3 is 9.47 Å². The predicted octanol–water partition coefficient (Wildman–Crippen LogP) is 19.8. The van der Waals surface area contributed by atoms with E-state index in [9.17, 15) is 96.2 Å². The van der Waals surface area contributed by atoms with Crippen molar-refractivity contribution >= 4 is 211 Å². The Hall–Kier alpha value is -8.00. The molecule has 5 saturated heterocycles. The third-order valence-corrected chi connectivity index (χ3v) is 41.1. The molecule has 0 radical (unpaired) electrons. The highest BCUT2D eigenvalue weighted by atomic mass is 35.5. The zero-order chi connectivity index (χ0) is 98.9. The summed E-state index contributed by atoms with van der Waals surface area (Å²) in [5.74, 6) is 5.88. The number of halogens is 4. The third-order valence-electron chi connectivity index (χ3n) is 20.8. The highest BCUT2D eigenvalue weighted by molar-refractivity contribution is 8.02. The van der Waals surface area contributed by atoms with Crippen molar-refractivity contribution < 1.29 is 79.7 Å². The minimum atomic E-state index is -3.98. The van der Waals surface area contributed by atoms with Crippen molar-refractivity contribution in [1.29, 1.82) is 5.26 Å². The van der Waals surface area contributed by atoms with Crippen molar-refractivity contribution in [2.24, 2.45) is 0 Å². The second kappa shape index (κ2) is 48.0. The molecule has 10 aromatic carbocycles. The molecule has 724 valence electrons. The first-order chi connectivity index (χ1) is 64.3. The summed E-state index contributed by atoms with van der Waals surface area (Å²) in [5.41, 5.74) is 5.12. The van der Waals surface area contributed by atoms with Gasteiger partial charge in [0.1, 0.15) is 42.6 Å². The molecule has 0 spiro atoms. The highest BCUT2D eigenvalue weighted by Gasteiger charge is 2.38. The maximum atomic E-state index is 13.2. The second-order valence-electron chi connectivity index (χ2n) is 30.4. The number of nitro groups is 4. The maximum Gasteiger partial charge on any atom is 0.271 e. The molecule has 32 nitrogen and oxygen atoms in total. The van der Waals surface area contributed by atoms with E-state index >= 15 is 0 Å². The number of rotatable bonds is 24. The fourth-order valence-electron chi connectivity index (χ4n) is 13.4. The van der Waals surface area contributed by atoms with Crippen LogP contribution in [0.15, 0.2) is 236 Å². The number of thioether (sulfide) groups is 4. The number of hydrogen-bond donors (Lipinski definition) is 0. The number of nitrogens with zero attached hydrogens (tertiary/aromatic N) is 10. The number of nitriles is 1. The zero-order valence-electron chi connectivity index (χ0n) is 73.2. The Morgan fingerprint density at radius 1 is 0.331 bits per heavy atom. The van der Waals surface area contributed by atoms with Gasteiger partial charge in [0.2, 0.25) is 50.1 Å². The summed E-state index contributed by atoms with van der Waals surface area (Å²) in [4.78, 5) is 45.6. The van der Waals surface area contributed by atoms with Crippen molar-refractivity contribution in [2.75, 3.05) is 123 Å². The van der Waals surface area contributed by atoms with Crippen molar-refractivity contribution in [3.05, 3.63) is 281 Å². The van der Waals surface area contributed by atoms with E-state index in [0.717, 1.165) is 84.6 Å². The molecule has 0 atom stereocenters. The van der Waals surface area contributed by atoms with E-state index in [1.165, 1.54) is 118 Å². The van der Waals surface area contributed by atoms with Crippen LogP contribution >= 0.6 is 129 Å². The molecule has 0 aromatic heterocycles. The molecule has 5 aliphatic rings. The van der Waals surface area contributed by atoms with E-state index in [1.54, 1.807) is 83.4 Å². The van der Waals surface area contributed by atoms with Gasteiger partial charge in [-0.15, -0.1) is 0 Å². The number of nitro benzene ring substituents is 4. The van der Waals surface area contributed by atoms with Crippen LogP contribution < -0.4 is 9.47 Å². The molecule has 0 N–H and O–H groups in total. The van der Waals surface area contributed by atoms with E-state index in [2.05, 4.69) is 0 Å². The molecule has 0 unspecified atom stereocenters. The number of aryl methyl sites for hydroxylation is 6. The monoisotopic (exact) mass is 2180 g/mol. The van der Waals surface area contributed by atoms with E-state index in [0.29, 0.717) is 127 Å². The lowest BCUT2D eigenvalue weighted by molar-refractivity contribution is -0.385. The Labute approximate surface area is 838 Å². The number of ether oxygens (including phenoxy) is 2. The Morgan fingerprint density at radius 3 is 1.02 bits per heavy atom. The van der Waals surface area contributed by atoms with Gasteiger partial charge in [-0.1, -0.05) is 118 Å². The smallest absolute Gasteiger partial charge is 0.271 e. The fraction of sp³-hybridized carbons (Fsp3) is 0.299. The SMILES string of the molecule is Cc1ccc(C)c(Oc2ccc([N+](=O)[O-])cc2S(=O)(=O)N2CCSCC2)c1.Cc1ccc(C)c(Sc2ccc(C#N)cc2S(=O)(=O)N2CCS(=O)(=O)CC2)c1.Cc1ccc(C)c(Sc2ccc([N+](=O)[O-])cc2S(=O)(=O)N2CCSCC2)c1.O=[N+]([O-])c1ccc(Oc2cc(Cl)ccc2Cl)c(S(=O)(=O)N2CCSCC2)c1.O=[N+]([O-])c1ccc(Sc2cc(Cl)ccc2Cl)c(S(=O)(=O)N2CCSCC2)c1. The van der Waals surface area contributed by atoms with Crippen LogP contribution in [0.5, 0.6) is 23.0 Å². The largest absolute Gasteiger partial charge is 0.456 e. The number of sulfonamides is 5. The molecule has 15 rings (SSSR count). The lowest BCUT2D eigenvalue weighted by atomic mass is 10.1. The Kier molecular flexibility index (Phi) is 38.2. The van der Waals surface area contributed by atoms with Crippen LogP contribution in [0.2, 0.25) is 20.1 Å². The van der Waals surface area contributed by atoms with Gasteiger partial charge in [0.05, 0.1) is 57.8 Å². The Morgan fingerprint density at radius 2 is 0.640 bits per heavy atom. The Bertz CT molecular complexity index is 6330. The first-order valence-electron chi connectivity index (χ1n) is 41.0. The summed E-state index contributed by atoms with van der Waals surface area (Å²) in [6, 6.07) is 48.6. The summed E-state index contributed by atoms with van der Waals surface area (Å²) in [6.07, 6.45) is 0. The van der Waals surface area contributed by atoms with Gasteiger partial charge in [-0.3, -0.25) is 40.5 Å². The van der Waals surface area contributed by atoms with Crippen LogP contribution in [0.3, 0.4) is 0 Å². The van der Waals surface area contributed by atoms with Crippen LogP contribution in [-0.4, -0.2) is 215 Å². The number of sulfone groups is 1. The van der Waals surface area contributed by atoms with E-state index in [1.807, 2.05) is 102 Å². The quantitative estimate of drug-likeness (QED) is 0.0400. The summed E-state index contributed by atoms with van der Waals surface area (Å²) >= 11 is 34.7. The van der Waals surface area contributed by atoms with Crippen molar-refractivity contribution in [3.8, 4) is 29.1 Å². The summed E-state index contributed by atoms with van der Waals surface area (Å²) in [6.45, 7) is 14.5. The van der Waals surface area contributed by atoms with Crippen molar-refractivity contribution in [2.45, 2.75) is 95.4 Å². The molecule has 5 fully saturated rings. The summed E-state index contributed by atoms with van der Waals surface area (Å²) in [7, 11) is -22.7. The van der Waals surface area contributed by atoms with Crippen molar-refractivity contribution in [3.63, 3.8) is 0 Å². The normalized spacial score (nSPS) is 15.9. The summed E-state index contributed by atoms with van der Waals surface area (Å²) in [5, 5.41) is 55.4. The minimum absolute atomic E-state index is 0.00880. The molecular formula is C87H88Cl4N10O22S13. The number of benzene rings is 10.